The van der Waals surface area contributed by atoms with Crippen LogP contribution in [0.5, 0.6) is 0 Å². The molecule has 94 valence electrons. The lowest BCUT2D eigenvalue weighted by atomic mass is 9.87. The van der Waals surface area contributed by atoms with E-state index in [4.69, 9.17) is 0 Å². The monoisotopic (exact) mass is 234 g/mol. The fourth-order valence-electron chi connectivity index (χ4n) is 2.70. The molecule has 2 nitrogen and oxygen atoms in total. The number of benzene rings is 1. The van der Waals surface area contributed by atoms with E-state index in [2.05, 4.69) is 25.1 Å². The van der Waals surface area contributed by atoms with Gasteiger partial charge in [-0.15, -0.1) is 0 Å². The van der Waals surface area contributed by atoms with Gasteiger partial charge in [0, 0.05) is 5.41 Å². The Morgan fingerprint density at radius 2 is 1.82 bits per heavy atom. The molecule has 2 rings (SSSR count). The van der Waals surface area contributed by atoms with Gasteiger partial charge in [-0.2, -0.15) is 0 Å². The van der Waals surface area contributed by atoms with Crippen LogP contribution >= 0.6 is 0 Å². The molecule has 0 heterocycles. The molecule has 0 saturated carbocycles. The molecule has 0 radical (unpaired) electrons. The third-order valence-electron chi connectivity index (χ3n) is 3.89. The molecule has 2 N–H and O–H groups in total. The average Bonchev–Trinajstić information content (AvgIpc) is 2.74. The summed E-state index contributed by atoms with van der Waals surface area (Å²) in [5.41, 5.74) is 3.69. The van der Waals surface area contributed by atoms with Gasteiger partial charge in [0.05, 0.1) is 13.2 Å². The van der Waals surface area contributed by atoms with Crippen molar-refractivity contribution in [2.45, 2.75) is 39.0 Å². The average molecular weight is 234 g/mol. The van der Waals surface area contributed by atoms with E-state index in [0.717, 1.165) is 19.3 Å². The Labute approximate surface area is 103 Å². The van der Waals surface area contributed by atoms with Gasteiger partial charge in [-0.3, -0.25) is 0 Å². The predicted molar refractivity (Wildman–Crippen MR) is 69.1 cm³/mol. The van der Waals surface area contributed by atoms with Gasteiger partial charge in [-0.05, 0) is 42.4 Å². The van der Waals surface area contributed by atoms with Crippen LogP contribution in [0.4, 0.5) is 0 Å². The largest absolute Gasteiger partial charge is 0.396 e. The fourth-order valence-corrected chi connectivity index (χ4v) is 2.70. The molecule has 17 heavy (non-hydrogen) atoms. The lowest BCUT2D eigenvalue weighted by Crippen LogP contribution is -2.30. The van der Waals surface area contributed by atoms with Crippen molar-refractivity contribution in [2.24, 2.45) is 5.41 Å². The van der Waals surface area contributed by atoms with Crippen molar-refractivity contribution in [3.05, 3.63) is 34.9 Å². The van der Waals surface area contributed by atoms with Gasteiger partial charge in [0.15, 0.2) is 0 Å². The van der Waals surface area contributed by atoms with Crippen LogP contribution in [0.15, 0.2) is 18.2 Å². The molecule has 0 atom stereocenters. The summed E-state index contributed by atoms with van der Waals surface area (Å²) in [6.07, 6.45) is 5.20. The lowest BCUT2D eigenvalue weighted by molar-refractivity contribution is 0.0634. The number of unbranched alkanes of at least 4 members (excludes halogenated alkanes) is 1. The molecule has 1 aromatic carbocycles. The minimum Gasteiger partial charge on any atom is -0.396 e. The minimum atomic E-state index is -0.314. The number of rotatable bonds is 5. The van der Waals surface area contributed by atoms with Crippen LogP contribution < -0.4 is 0 Å². The summed E-state index contributed by atoms with van der Waals surface area (Å²) in [4.78, 5) is 0. The van der Waals surface area contributed by atoms with Crippen molar-refractivity contribution in [3.8, 4) is 0 Å². The summed E-state index contributed by atoms with van der Waals surface area (Å²) in [5, 5.41) is 18.9. The molecule has 0 aliphatic heterocycles. The molecule has 0 aromatic heterocycles. The third kappa shape index (κ3) is 2.53. The van der Waals surface area contributed by atoms with Crippen LogP contribution in [0.25, 0.3) is 0 Å². The van der Waals surface area contributed by atoms with Gasteiger partial charge in [-0.1, -0.05) is 31.5 Å². The molecular formula is C15H22O2. The van der Waals surface area contributed by atoms with Crippen LogP contribution in [0, 0.1) is 5.41 Å². The van der Waals surface area contributed by atoms with E-state index < -0.39 is 0 Å². The highest BCUT2D eigenvalue weighted by atomic mass is 16.3. The highest BCUT2D eigenvalue weighted by Crippen LogP contribution is 2.36. The molecular weight excluding hydrogens is 212 g/mol. The number of hydrogen-bond acceptors (Lipinski definition) is 2. The maximum absolute atomic E-state index is 9.44. The van der Waals surface area contributed by atoms with E-state index in [1.807, 2.05) is 0 Å². The molecule has 1 aromatic rings. The SMILES string of the molecule is CCCCc1ccc2c(c1)CC(CO)(CO)C2. The van der Waals surface area contributed by atoms with Crippen LogP contribution in [0.1, 0.15) is 36.5 Å². The number of aliphatic hydroxyl groups excluding tert-OH is 2. The molecule has 0 fully saturated rings. The number of hydrogen-bond donors (Lipinski definition) is 2. The van der Waals surface area contributed by atoms with E-state index in [1.54, 1.807) is 0 Å². The van der Waals surface area contributed by atoms with Crippen molar-refractivity contribution >= 4 is 0 Å². The summed E-state index contributed by atoms with van der Waals surface area (Å²) < 4.78 is 0. The van der Waals surface area contributed by atoms with Crippen LogP contribution in [0.3, 0.4) is 0 Å². The second kappa shape index (κ2) is 5.19. The Morgan fingerprint density at radius 1 is 1.12 bits per heavy atom. The Hall–Kier alpha value is -0.860. The molecule has 0 bridgehead atoms. The van der Waals surface area contributed by atoms with Crippen LogP contribution in [-0.2, 0) is 19.3 Å². The zero-order valence-corrected chi connectivity index (χ0v) is 10.6. The molecule has 1 aliphatic rings. The van der Waals surface area contributed by atoms with Crippen molar-refractivity contribution < 1.29 is 10.2 Å². The molecule has 0 saturated heterocycles. The number of aliphatic hydroxyl groups is 2. The zero-order valence-electron chi connectivity index (χ0n) is 10.6. The van der Waals surface area contributed by atoms with Crippen molar-refractivity contribution in [1.29, 1.82) is 0 Å². The quantitative estimate of drug-likeness (QED) is 0.819. The Balaban J connectivity index is 2.15. The van der Waals surface area contributed by atoms with Gasteiger partial charge < -0.3 is 10.2 Å². The molecule has 0 amide bonds. The van der Waals surface area contributed by atoms with Gasteiger partial charge in [0.25, 0.3) is 0 Å². The second-order valence-electron chi connectivity index (χ2n) is 5.38. The molecule has 0 unspecified atom stereocenters. The van der Waals surface area contributed by atoms with E-state index in [9.17, 15) is 10.2 Å². The number of fused-ring (bicyclic) bond motifs is 1. The summed E-state index contributed by atoms with van der Waals surface area (Å²) in [5.74, 6) is 0. The standard InChI is InChI=1S/C15H22O2/c1-2-3-4-12-5-6-13-8-15(10-16,11-17)9-14(13)7-12/h5-7,16-17H,2-4,8-11H2,1H3. The summed E-state index contributed by atoms with van der Waals surface area (Å²) >= 11 is 0. The van der Waals surface area contributed by atoms with E-state index >= 15 is 0 Å². The Kier molecular flexibility index (Phi) is 3.85. The zero-order chi connectivity index (χ0) is 12.3. The first-order valence-electron chi connectivity index (χ1n) is 6.55. The predicted octanol–water partition coefficient (Wildman–Crippen LogP) is 2.10. The van der Waals surface area contributed by atoms with E-state index in [1.165, 1.54) is 29.5 Å². The Morgan fingerprint density at radius 3 is 2.47 bits per heavy atom. The van der Waals surface area contributed by atoms with Gasteiger partial charge in [-0.25, -0.2) is 0 Å². The summed E-state index contributed by atoms with van der Waals surface area (Å²) in [6.45, 7) is 2.35. The lowest BCUT2D eigenvalue weighted by Gasteiger charge is -2.22. The normalized spacial score (nSPS) is 17.1. The number of aryl methyl sites for hydroxylation is 1. The third-order valence-corrected chi connectivity index (χ3v) is 3.89. The van der Waals surface area contributed by atoms with E-state index in [-0.39, 0.29) is 18.6 Å². The van der Waals surface area contributed by atoms with Crippen LogP contribution in [0.2, 0.25) is 0 Å². The topological polar surface area (TPSA) is 40.5 Å². The highest BCUT2D eigenvalue weighted by Gasteiger charge is 2.36. The first kappa shape index (κ1) is 12.6. The minimum absolute atomic E-state index is 0.0719. The molecule has 0 spiro atoms. The molecule has 2 heteroatoms. The van der Waals surface area contributed by atoms with Crippen molar-refractivity contribution in [3.63, 3.8) is 0 Å². The molecule has 1 aliphatic carbocycles. The first-order valence-corrected chi connectivity index (χ1v) is 6.55. The maximum atomic E-state index is 9.44. The van der Waals surface area contributed by atoms with Gasteiger partial charge in [0.1, 0.15) is 0 Å². The van der Waals surface area contributed by atoms with Gasteiger partial charge in [0.2, 0.25) is 0 Å². The Bertz CT molecular complexity index is 381. The van der Waals surface area contributed by atoms with Crippen molar-refractivity contribution in [2.75, 3.05) is 13.2 Å². The summed E-state index contributed by atoms with van der Waals surface area (Å²) in [7, 11) is 0. The fraction of sp³-hybridized carbons (Fsp3) is 0.600. The smallest absolute Gasteiger partial charge is 0.0515 e. The van der Waals surface area contributed by atoms with Crippen molar-refractivity contribution in [1.82, 2.24) is 0 Å². The van der Waals surface area contributed by atoms with E-state index in [0.29, 0.717) is 0 Å². The highest BCUT2D eigenvalue weighted by molar-refractivity contribution is 5.38. The van der Waals surface area contributed by atoms with Gasteiger partial charge >= 0.3 is 0 Å². The second-order valence-corrected chi connectivity index (χ2v) is 5.38. The summed E-state index contributed by atoms with van der Waals surface area (Å²) in [6, 6.07) is 6.63. The first-order chi connectivity index (χ1) is 8.23. The maximum Gasteiger partial charge on any atom is 0.0515 e. The van der Waals surface area contributed by atoms with Crippen LogP contribution in [-0.4, -0.2) is 23.4 Å².